The van der Waals surface area contributed by atoms with Crippen LogP contribution in [0.2, 0.25) is 0 Å². The summed E-state index contributed by atoms with van der Waals surface area (Å²) < 4.78 is 31.3. The highest BCUT2D eigenvalue weighted by atomic mass is 19.1. The third-order valence-corrected chi connectivity index (χ3v) is 3.52. The van der Waals surface area contributed by atoms with Gasteiger partial charge in [0.15, 0.2) is 0 Å². The van der Waals surface area contributed by atoms with E-state index in [0.717, 1.165) is 30.0 Å². The molecule has 0 radical (unpaired) electrons. The number of carbonyl (C=O) groups is 1. The van der Waals surface area contributed by atoms with Crippen LogP contribution in [0.1, 0.15) is 16.1 Å². The van der Waals surface area contributed by atoms with Gasteiger partial charge in [-0.15, -0.1) is 0 Å². The van der Waals surface area contributed by atoms with Crippen molar-refractivity contribution in [3.8, 4) is 17.0 Å². The Kier molecular flexibility index (Phi) is 5.46. The number of carbonyl (C=O) groups excluding carboxylic acids is 1. The number of ether oxygens (including phenoxy) is 1. The van der Waals surface area contributed by atoms with E-state index < -0.39 is 17.5 Å². The minimum absolute atomic E-state index is 0.0471. The first-order chi connectivity index (χ1) is 13.0. The minimum atomic E-state index is -0.735. The summed E-state index contributed by atoms with van der Waals surface area (Å²) in [6, 6.07) is 10.0. The molecule has 0 bridgehead atoms. The molecule has 1 aromatic heterocycles. The van der Waals surface area contributed by atoms with Crippen molar-refractivity contribution >= 4 is 12.1 Å². The van der Waals surface area contributed by atoms with Gasteiger partial charge in [-0.3, -0.25) is 9.78 Å². The molecule has 0 atom stereocenters. The number of nitrogens with zero attached hydrogens (tertiary/aromatic N) is 3. The van der Waals surface area contributed by atoms with Gasteiger partial charge in [0.05, 0.1) is 31.4 Å². The molecular formula is C19H14F2N4O2. The van der Waals surface area contributed by atoms with Crippen LogP contribution in [0.3, 0.4) is 0 Å². The molecule has 8 heteroatoms. The minimum Gasteiger partial charge on any atom is -0.497 e. The smallest absolute Gasteiger partial charge is 0.291 e. The summed E-state index contributed by atoms with van der Waals surface area (Å²) in [5, 5.41) is 3.68. The maximum Gasteiger partial charge on any atom is 0.291 e. The SMILES string of the molecule is COc1ccc(-c2cncc(C(=O)NN=Cc3cc(F)cc(F)c3)n2)cc1. The lowest BCUT2D eigenvalue weighted by Gasteiger charge is -2.04. The van der Waals surface area contributed by atoms with Crippen molar-refractivity contribution in [2.45, 2.75) is 0 Å². The number of hydrazone groups is 1. The molecule has 0 spiro atoms. The van der Waals surface area contributed by atoms with E-state index in [-0.39, 0.29) is 11.3 Å². The standard InChI is InChI=1S/C19H14F2N4O2/c1-27-16-4-2-13(3-5-16)17-10-22-11-18(24-17)19(26)25-23-9-12-6-14(20)8-15(21)7-12/h2-11H,1H3,(H,25,26). The van der Waals surface area contributed by atoms with E-state index in [9.17, 15) is 13.6 Å². The van der Waals surface area contributed by atoms with E-state index in [1.807, 2.05) is 0 Å². The zero-order valence-electron chi connectivity index (χ0n) is 14.2. The van der Waals surface area contributed by atoms with Crippen LogP contribution in [0.4, 0.5) is 8.78 Å². The van der Waals surface area contributed by atoms with E-state index in [0.29, 0.717) is 11.4 Å². The summed E-state index contributed by atoms with van der Waals surface area (Å²) in [6.07, 6.45) is 3.95. The number of rotatable bonds is 5. The molecule has 0 saturated carbocycles. The average molecular weight is 368 g/mol. The molecular weight excluding hydrogens is 354 g/mol. The molecule has 1 heterocycles. The van der Waals surface area contributed by atoms with Crippen molar-refractivity contribution in [2.24, 2.45) is 5.10 Å². The first-order valence-electron chi connectivity index (χ1n) is 7.81. The molecule has 3 aromatic rings. The predicted molar refractivity (Wildman–Crippen MR) is 95.4 cm³/mol. The van der Waals surface area contributed by atoms with Crippen LogP contribution in [0, 0.1) is 11.6 Å². The molecule has 0 unspecified atom stereocenters. The summed E-state index contributed by atoms with van der Waals surface area (Å²) in [5.41, 5.74) is 3.73. The van der Waals surface area contributed by atoms with E-state index in [1.54, 1.807) is 31.4 Å². The van der Waals surface area contributed by atoms with E-state index in [2.05, 4.69) is 20.5 Å². The summed E-state index contributed by atoms with van der Waals surface area (Å²) in [7, 11) is 1.57. The van der Waals surface area contributed by atoms with Gasteiger partial charge >= 0.3 is 0 Å². The van der Waals surface area contributed by atoms with Gasteiger partial charge in [-0.2, -0.15) is 5.10 Å². The van der Waals surface area contributed by atoms with Crippen molar-refractivity contribution in [1.29, 1.82) is 0 Å². The van der Waals surface area contributed by atoms with Crippen LogP contribution in [0.5, 0.6) is 5.75 Å². The number of nitrogens with one attached hydrogen (secondary N) is 1. The zero-order valence-corrected chi connectivity index (χ0v) is 14.2. The van der Waals surface area contributed by atoms with Crippen LogP contribution in [0.25, 0.3) is 11.3 Å². The number of halogens is 2. The Hall–Kier alpha value is -3.68. The second kappa shape index (κ2) is 8.13. The van der Waals surface area contributed by atoms with Gasteiger partial charge in [0, 0.05) is 17.2 Å². The number of benzene rings is 2. The van der Waals surface area contributed by atoms with Crippen molar-refractivity contribution < 1.29 is 18.3 Å². The Morgan fingerprint density at radius 2 is 1.81 bits per heavy atom. The molecule has 6 nitrogen and oxygen atoms in total. The first kappa shape index (κ1) is 18.1. The molecule has 0 aliphatic carbocycles. The Labute approximate surface area is 153 Å². The van der Waals surface area contributed by atoms with Gasteiger partial charge in [-0.1, -0.05) is 0 Å². The van der Waals surface area contributed by atoms with Crippen molar-refractivity contribution in [2.75, 3.05) is 7.11 Å². The first-order valence-corrected chi connectivity index (χ1v) is 7.81. The fourth-order valence-electron chi connectivity index (χ4n) is 2.25. The number of methoxy groups -OCH3 is 1. The highest BCUT2D eigenvalue weighted by molar-refractivity contribution is 5.93. The molecule has 27 heavy (non-hydrogen) atoms. The van der Waals surface area contributed by atoms with E-state index in [4.69, 9.17) is 4.74 Å². The maximum absolute atomic E-state index is 13.1. The zero-order chi connectivity index (χ0) is 19.2. The summed E-state index contributed by atoms with van der Waals surface area (Å²) in [4.78, 5) is 20.4. The second-order valence-electron chi connectivity index (χ2n) is 5.42. The van der Waals surface area contributed by atoms with Crippen LogP contribution in [0.15, 0.2) is 60.0 Å². The number of hydrogen-bond acceptors (Lipinski definition) is 5. The van der Waals surface area contributed by atoms with Crippen molar-refractivity contribution in [3.05, 3.63) is 77.8 Å². The molecule has 0 saturated heterocycles. The van der Waals surface area contributed by atoms with Gasteiger partial charge in [0.2, 0.25) is 0 Å². The Bertz CT molecular complexity index is 971. The fraction of sp³-hybridized carbons (Fsp3) is 0.0526. The largest absolute Gasteiger partial charge is 0.497 e. The van der Waals surface area contributed by atoms with Crippen molar-refractivity contribution in [1.82, 2.24) is 15.4 Å². The molecule has 0 aliphatic heterocycles. The lowest BCUT2D eigenvalue weighted by atomic mass is 10.1. The van der Waals surface area contributed by atoms with Gasteiger partial charge in [-0.25, -0.2) is 19.2 Å². The van der Waals surface area contributed by atoms with Gasteiger partial charge < -0.3 is 4.74 Å². The van der Waals surface area contributed by atoms with E-state index >= 15 is 0 Å². The summed E-state index contributed by atoms with van der Waals surface area (Å²) >= 11 is 0. The predicted octanol–water partition coefficient (Wildman–Crippen LogP) is 3.19. The molecule has 1 N–H and O–H groups in total. The number of amides is 1. The Morgan fingerprint density at radius 1 is 1.11 bits per heavy atom. The van der Waals surface area contributed by atoms with E-state index in [1.165, 1.54) is 12.4 Å². The fourth-order valence-corrected chi connectivity index (χ4v) is 2.25. The number of aromatic nitrogens is 2. The van der Waals surface area contributed by atoms with Crippen LogP contribution >= 0.6 is 0 Å². The number of hydrogen-bond donors (Lipinski definition) is 1. The van der Waals surface area contributed by atoms with Gasteiger partial charge in [0.25, 0.3) is 5.91 Å². The lowest BCUT2D eigenvalue weighted by Crippen LogP contribution is -2.19. The second-order valence-corrected chi connectivity index (χ2v) is 5.42. The molecule has 0 aliphatic rings. The Morgan fingerprint density at radius 3 is 2.48 bits per heavy atom. The molecule has 1 amide bonds. The highest BCUT2D eigenvalue weighted by Crippen LogP contribution is 2.20. The van der Waals surface area contributed by atoms with Crippen molar-refractivity contribution in [3.63, 3.8) is 0 Å². The summed E-state index contributed by atoms with van der Waals surface area (Å²) in [6.45, 7) is 0. The van der Waals surface area contributed by atoms with Crippen LogP contribution in [-0.2, 0) is 0 Å². The molecule has 3 rings (SSSR count). The average Bonchev–Trinajstić information content (AvgIpc) is 2.67. The van der Waals surface area contributed by atoms with Gasteiger partial charge in [-0.05, 0) is 36.4 Å². The normalized spacial score (nSPS) is 10.8. The lowest BCUT2D eigenvalue weighted by molar-refractivity contribution is 0.0950. The molecule has 136 valence electrons. The third-order valence-electron chi connectivity index (χ3n) is 3.52. The summed E-state index contributed by atoms with van der Waals surface area (Å²) in [5.74, 6) is -1.38. The van der Waals surface area contributed by atoms with Crippen LogP contribution in [-0.4, -0.2) is 29.2 Å². The molecule has 2 aromatic carbocycles. The topological polar surface area (TPSA) is 76.5 Å². The monoisotopic (exact) mass is 368 g/mol. The Balaban J connectivity index is 1.72. The van der Waals surface area contributed by atoms with Crippen LogP contribution < -0.4 is 10.2 Å². The quantitative estimate of drug-likeness (QED) is 0.554. The highest BCUT2D eigenvalue weighted by Gasteiger charge is 2.09. The molecule has 0 fully saturated rings. The van der Waals surface area contributed by atoms with Gasteiger partial charge in [0.1, 0.15) is 23.1 Å². The maximum atomic E-state index is 13.1. The third kappa shape index (κ3) is 4.69.